The fourth-order valence-electron chi connectivity index (χ4n) is 14.1. The van der Waals surface area contributed by atoms with Gasteiger partial charge in [0.05, 0.1) is 22.7 Å². The summed E-state index contributed by atoms with van der Waals surface area (Å²) in [4.78, 5) is 10.4. The molecule has 12 rings (SSSR count). The van der Waals surface area contributed by atoms with Crippen molar-refractivity contribution in [3.63, 3.8) is 0 Å². The predicted octanol–water partition coefficient (Wildman–Crippen LogP) is 26.4. The molecule has 2 unspecified atom stereocenters. The number of hydrogen-bond acceptors (Lipinski definition) is 4. The van der Waals surface area contributed by atoms with Crippen LogP contribution in [0.2, 0.25) is 0 Å². The first-order valence-corrected chi connectivity index (χ1v) is 34.3. The Balaban J connectivity index is 1.39. The average Bonchev–Trinajstić information content (AvgIpc) is 0.691. The van der Waals surface area contributed by atoms with Crippen molar-refractivity contribution in [2.24, 2.45) is 11.8 Å². The third-order valence-corrected chi connectivity index (χ3v) is 19.6. The maximum Gasteiger partial charge on any atom is 0.0564 e. The number of benzene rings is 12. The van der Waals surface area contributed by atoms with E-state index < -0.39 is 0 Å². The van der Waals surface area contributed by atoms with Gasteiger partial charge in [-0.05, 0) is 213 Å². The summed E-state index contributed by atoms with van der Waals surface area (Å²) in [7, 11) is 0. The Morgan fingerprint density at radius 2 is 0.457 bits per heavy atom. The van der Waals surface area contributed by atoms with E-state index in [1.54, 1.807) is 0 Å². The van der Waals surface area contributed by atoms with Crippen LogP contribution in [0.4, 0.5) is 68.2 Å². The van der Waals surface area contributed by atoms with Crippen LogP contribution in [-0.4, -0.2) is 0 Å². The molecule has 0 aliphatic carbocycles. The first-order valence-electron chi connectivity index (χ1n) is 34.3. The third-order valence-electron chi connectivity index (χ3n) is 19.6. The van der Waals surface area contributed by atoms with E-state index in [1.165, 1.54) is 125 Å². The van der Waals surface area contributed by atoms with Gasteiger partial charge >= 0.3 is 0 Å². The minimum absolute atomic E-state index is 0.458. The monoisotopic (exact) mass is 1210 g/mol. The highest BCUT2D eigenvalue weighted by Crippen LogP contribution is 2.57. The lowest BCUT2D eigenvalue weighted by molar-refractivity contribution is 0.450. The number of hydrogen-bond donors (Lipinski definition) is 0. The van der Waals surface area contributed by atoms with Gasteiger partial charge in [0, 0.05) is 77.8 Å². The van der Waals surface area contributed by atoms with Crippen molar-refractivity contribution in [2.75, 3.05) is 19.6 Å². The largest absolute Gasteiger partial charge is 0.310 e. The summed E-state index contributed by atoms with van der Waals surface area (Å²) < 4.78 is 0. The van der Waals surface area contributed by atoms with Crippen molar-refractivity contribution < 1.29 is 0 Å². The van der Waals surface area contributed by atoms with Crippen molar-refractivity contribution in [3.8, 4) is 0 Å². The highest BCUT2D eigenvalue weighted by atomic mass is 15.2. The molecule has 0 aromatic heterocycles. The molecule has 12 aromatic rings. The summed E-state index contributed by atoms with van der Waals surface area (Å²) in [5.41, 5.74) is 26.3. The van der Waals surface area contributed by atoms with E-state index in [4.69, 9.17) is 0 Å². The maximum atomic E-state index is 2.71. The molecule has 466 valence electrons. The molecule has 0 heterocycles. The maximum absolute atomic E-state index is 2.71. The fraction of sp³-hybridized carbons (Fsp3) is 0.273. The summed E-state index contributed by atoms with van der Waals surface area (Å²) in [5, 5.41) is 7.74. The number of nitrogens with zero attached hydrogens (tertiary/aromatic N) is 4. The second-order valence-corrected chi connectivity index (χ2v) is 26.8. The first-order chi connectivity index (χ1) is 44.7. The smallest absolute Gasteiger partial charge is 0.0564 e. The lowest BCUT2D eigenvalue weighted by Gasteiger charge is -2.36. The molecule has 0 saturated heterocycles. The van der Waals surface area contributed by atoms with Crippen LogP contribution in [0.15, 0.2) is 218 Å². The summed E-state index contributed by atoms with van der Waals surface area (Å²) in [6, 6.07) is 84.7. The Morgan fingerprint density at radius 1 is 0.250 bits per heavy atom. The minimum atomic E-state index is 0.458. The highest BCUT2D eigenvalue weighted by molar-refractivity contribution is 6.34. The SMILES string of the molecule is CCCCC(CC)Cc1cc2c(N(c3ccc(C)cc3)c3ccc(C)cc3)cc(N(c3ccc(C)cc3)c3ccc(C)cc3)c3c(CC(CC)CCCC)cc4c(N(c5ccc(C)cc5)c5ccc(C)cc5)cc(N(c5ccc(C)cc5)c5ccc(C)cc5)c1c4c23. The minimum Gasteiger partial charge on any atom is -0.310 e. The van der Waals surface area contributed by atoms with Gasteiger partial charge in [0.2, 0.25) is 0 Å². The van der Waals surface area contributed by atoms with E-state index in [0.29, 0.717) is 11.8 Å². The Bertz CT molecular complexity index is 3960. The second kappa shape index (κ2) is 27.8. The zero-order valence-electron chi connectivity index (χ0n) is 56.8. The van der Waals surface area contributed by atoms with Gasteiger partial charge in [0.15, 0.2) is 0 Å². The summed E-state index contributed by atoms with van der Waals surface area (Å²) in [5.74, 6) is 0.916. The van der Waals surface area contributed by atoms with Crippen LogP contribution in [0, 0.1) is 67.2 Å². The molecule has 4 nitrogen and oxygen atoms in total. The topological polar surface area (TPSA) is 13.0 Å². The summed E-state index contributed by atoms with van der Waals surface area (Å²) >= 11 is 0. The van der Waals surface area contributed by atoms with Gasteiger partial charge in [-0.15, -0.1) is 0 Å². The van der Waals surface area contributed by atoms with E-state index in [0.717, 1.165) is 95.4 Å². The van der Waals surface area contributed by atoms with Gasteiger partial charge in [0.1, 0.15) is 0 Å². The molecule has 0 aliphatic heterocycles. The van der Waals surface area contributed by atoms with Crippen LogP contribution < -0.4 is 19.6 Å². The normalized spacial score (nSPS) is 12.3. The van der Waals surface area contributed by atoms with Crippen LogP contribution in [0.3, 0.4) is 0 Å². The van der Waals surface area contributed by atoms with Gasteiger partial charge in [-0.2, -0.15) is 0 Å². The molecule has 12 aromatic carbocycles. The quantitative estimate of drug-likeness (QED) is 0.0559. The Labute approximate surface area is 550 Å². The Hall–Kier alpha value is -9.12. The molecule has 0 fully saturated rings. The van der Waals surface area contributed by atoms with Gasteiger partial charge in [-0.25, -0.2) is 0 Å². The van der Waals surface area contributed by atoms with Crippen LogP contribution in [0.1, 0.15) is 135 Å². The second-order valence-electron chi connectivity index (χ2n) is 26.8. The van der Waals surface area contributed by atoms with E-state index >= 15 is 0 Å². The van der Waals surface area contributed by atoms with E-state index in [2.05, 4.69) is 321 Å². The van der Waals surface area contributed by atoms with Crippen molar-refractivity contribution in [1.29, 1.82) is 0 Å². The van der Waals surface area contributed by atoms with Crippen LogP contribution >= 0.6 is 0 Å². The number of aryl methyl sites for hydroxylation is 8. The molecular weight excluding hydrogens is 1110 g/mol. The fourth-order valence-corrected chi connectivity index (χ4v) is 14.1. The van der Waals surface area contributed by atoms with E-state index in [9.17, 15) is 0 Å². The van der Waals surface area contributed by atoms with Crippen molar-refractivity contribution >= 4 is 101 Å². The highest BCUT2D eigenvalue weighted by Gasteiger charge is 2.33. The first kappa shape index (κ1) is 63.0. The lowest BCUT2D eigenvalue weighted by Crippen LogP contribution is -2.18. The molecule has 0 spiro atoms. The van der Waals surface area contributed by atoms with E-state index in [1.807, 2.05) is 0 Å². The molecule has 0 saturated carbocycles. The molecule has 0 bridgehead atoms. The molecule has 2 atom stereocenters. The number of anilines is 12. The molecule has 0 N–H and O–H groups in total. The van der Waals surface area contributed by atoms with Gasteiger partial charge in [0.25, 0.3) is 0 Å². The van der Waals surface area contributed by atoms with Crippen LogP contribution in [0.25, 0.3) is 32.3 Å². The molecule has 92 heavy (non-hydrogen) atoms. The molecule has 0 amide bonds. The standard InChI is InChI=1S/C88H94N4/c1-13-17-19-67(15-3)53-69-55-79-81(89(71-37-21-59(5)22-38-71)72-39-23-60(6)24-40-72)58-84(92(77-49-33-65(11)34-50-77)78-51-35-66(12)36-52-78)86-70(54-68(16-4)20-18-14-2)56-80-82(90(73-41-25-61(7)26-42-73)74-43-27-62(8)28-44-74)57-83(85(69)87(80)88(79)86)91(75-45-29-63(9)30-46-75)76-47-31-64(10)32-48-76/h21-52,55-58,67-68H,13-20,53-54H2,1-12H3. The van der Waals surface area contributed by atoms with Gasteiger partial charge in [-0.3, -0.25) is 0 Å². The zero-order chi connectivity index (χ0) is 64.2. The summed E-state index contributed by atoms with van der Waals surface area (Å²) in [6.07, 6.45) is 11.1. The van der Waals surface area contributed by atoms with E-state index in [-0.39, 0.29) is 0 Å². The lowest BCUT2D eigenvalue weighted by atomic mass is 9.80. The zero-order valence-corrected chi connectivity index (χ0v) is 56.8. The van der Waals surface area contributed by atoms with Crippen molar-refractivity contribution in [3.05, 3.63) is 274 Å². The Morgan fingerprint density at radius 3 is 0.652 bits per heavy atom. The number of rotatable bonds is 24. The molecular formula is C88H94N4. The van der Waals surface area contributed by atoms with Crippen molar-refractivity contribution in [1.82, 2.24) is 0 Å². The van der Waals surface area contributed by atoms with Crippen molar-refractivity contribution in [2.45, 2.75) is 147 Å². The van der Waals surface area contributed by atoms with Crippen LogP contribution in [0.5, 0.6) is 0 Å². The van der Waals surface area contributed by atoms with Gasteiger partial charge < -0.3 is 19.6 Å². The summed E-state index contributed by atoms with van der Waals surface area (Å²) in [6.45, 7) is 27.2. The molecule has 0 aliphatic rings. The number of unbranched alkanes of at least 4 members (excludes halogenated alkanes) is 2. The van der Waals surface area contributed by atoms with Gasteiger partial charge in [-0.1, -0.05) is 221 Å². The van der Waals surface area contributed by atoms with Crippen LogP contribution in [-0.2, 0) is 12.8 Å². The third kappa shape index (κ3) is 13.0. The average molecular weight is 1210 g/mol. The predicted molar refractivity (Wildman–Crippen MR) is 401 cm³/mol. The molecule has 4 heteroatoms. The molecule has 0 radical (unpaired) electrons. The Kier molecular flexibility index (Phi) is 19.0.